The number of para-hydroxylation sites is 1. The summed E-state index contributed by atoms with van der Waals surface area (Å²) in [5, 5.41) is 14.2. The topological polar surface area (TPSA) is 98.5 Å². The molecule has 0 atom stereocenters. The van der Waals surface area contributed by atoms with E-state index in [0.29, 0.717) is 17.3 Å². The Hall–Kier alpha value is -2.58. The van der Waals surface area contributed by atoms with Crippen LogP contribution in [-0.4, -0.2) is 35.7 Å². The second kappa shape index (κ2) is 9.79. The van der Waals surface area contributed by atoms with Crippen molar-refractivity contribution < 1.29 is 19.2 Å². The number of ether oxygens (including phenoxy) is 1. The van der Waals surface area contributed by atoms with Gasteiger partial charge in [-0.25, -0.2) is 4.79 Å². The Kier molecular flexibility index (Phi) is 7.43. The molecule has 2 aromatic carbocycles. The number of nitro benzene ring substituents is 1. The number of hydrogen-bond donors (Lipinski definition) is 1. The SMILES string of the molecule is O=C(COC(=O)c1ccccc1[N+](=O)[O-])NCCSc1ccc(Cl)cc1. The van der Waals surface area contributed by atoms with E-state index in [1.165, 1.54) is 24.3 Å². The molecule has 0 fully saturated rings. The molecule has 0 saturated heterocycles. The standard InChI is InChI=1S/C17H15ClN2O5S/c18-12-5-7-13(8-6-12)26-10-9-19-16(21)11-25-17(22)14-3-1-2-4-15(14)20(23)24/h1-8H,9-11H2,(H,19,21). The number of thioether (sulfide) groups is 1. The minimum Gasteiger partial charge on any atom is -0.452 e. The summed E-state index contributed by atoms with van der Waals surface area (Å²) in [7, 11) is 0. The summed E-state index contributed by atoms with van der Waals surface area (Å²) in [5.41, 5.74) is -0.555. The first-order valence-corrected chi connectivity index (χ1v) is 8.89. The van der Waals surface area contributed by atoms with Crippen LogP contribution in [0.2, 0.25) is 5.02 Å². The molecule has 1 amide bonds. The fourth-order valence-corrected chi connectivity index (χ4v) is 2.85. The molecule has 136 valence electrons. The van der Waals surface area contributed by atoms with Crippen molar-refractivity contribution >= 4 is 40.9 Å². The van der Waals surface area contributed by atoms with Gasteiger partial charge in [0.15, 0.2) is 6.61 Å². The minimum atomic E-state index is -0.914. The van der Waals surface area contributed by atoms with Gasteiger partial charge < -0.3 is 10.1 Å². The minimum absolute atomic E-state index is 0.191. The van der Waals surface area contributed by atoms with Crippen LogP contribution in [0.15, 0.2) is 53.4 Å². The van der Waals surface area contributed by atoms with Crippen molar-refractivity contribution in [3.05, 3.63) is 69.2 Å². The number of carbonyl (C=O) groups excluding carboxylic acids is 2. The molecule has 0 unspecified atom stereocenters. The van der Waals surface area contributed by atoms with E-state index in [-0.39, 0.29) is 11.3 Å². The third-order valence-electron chi connectivity index (χ3n) is 3.16. The lowest BCUT2D eigenvalue weighted by Crippen LogP contribution is -2.30. The lowest BCUT2D eigenvalue weighted by Gasteiger charge is -2.07. The average molecular weight is 395 g/mol. The zero-order chi connectivity index (χ0) is 18.9. The van der Waals surface area contributed by atoms with E-state index in [1.54, 1.807) is 23.9 Å². The molecule has 0 aliphatic heterocycles. The second-order valence-electron chi connectivity index (χ2n) is 5.00. The van der Waals surface area contributed by atoms with Crippen molar-refractivity contribution in [3.63, 3.8) is 0 Å². The molecule has 1 N–H and O–H groups in total. The van der Waals surface area contributed by atoms with Gasteiger partial charge in [-0.1, -0.05) is 23.7 Å². The first-order valence-electron chi connectivity index (χ1n) is 7.53. The van der Waals surface area contributed by atoms with E-state index in [9.17, 15) is 19.7 Å². The summed E-state index contributed by atoms with van der Waals surface area (Å²) in [6.07, 6.45) is 0. The highest BCUT2D eigenvalue weighted by atomic mass is 35.5. The number of nitro groups is 1. The monoisotopic (exact) mass is 394 g/mol. The van der Waals surface area contributed by atoms with Gasteiger partial charge >= 0.3 is 5.97 Å². The number of nitrogens with zero attached hydrogens (tertiary/aromatic N) is 1. The molecule has 0 bridgehead atoms. The second-order valence-corrected chi connectivity index (χ2v) is 6.61. The Balaban J connectivity index is 1.72. The van der Waals surface area contributed by atoms with Crippen LogP contribution in [0.5, 0.6) is 0 Å². The van der Waals surface area contributed by atoms with E-state index in [1.807, 2.05) is 12.1 Å². The Morgan fingerprint density at radius 2 is 1.85 bits per heavy atom. The van der Waals surface area contributed by atoms with Crippen LogP contribution in [-0.2, 0) is 9.53 Å². The molecule has 0 aliphatic rings. The Labute approximate surface area is 158 Å². The number of rotatable bonds is 8. The molecular weight excluding hydrogens is 380 g/mol. The van der Waals surface area contributed by atoms with Gasteiger partial charge in [0.25, 0.3) is 11.6 Å². The highest BCUT2D eigenvalue weighted by Crippen LogP contribution is 2.20. The largest absolute Gasteiger partial charge is 0.452 e. The van der Waals surface area contributed by atoms with Crippen LogP contribution in [0, 0.1) is 10.1 Å². The fourth-order valence-electron chi connectivity index (χ4n) is 1.96. The molecule has 0 aromatic heterocycles. The number of benzene rings is 2. The molecule has 9 heteroatoms. The number of carbonyl (C=O) groups is 2. The van der Waals surface area contributed by atoms with Crippen LogP contribution in [0.25, 0.3) is 0 Å². The van der Waals surface area contributed by atoms with Gasteiger partial charge in [0, 0.05) is 28.3 Å². The zero-order valence-electron chi connectivity index (χ0n) is 13.5. The normalized spacial score (nSPS) is 10.2. The maximum Gasteiger partial charge on any atom is 0.345 e. The van der Waals surface area contributed by atoms with Gasteiger partial charge in [0.05, 0.1) is 4.92 Å². The third-order valence-corrected chi connectivity index (χ3v) is 4.43. The van der Waals surface area contributed by atoms with Crippen molar-refractivity contribution in [2.45, 2.75) is 4.90 Å². The predicted octanol–water partition coefficient (Wildman–Crippen LogP) is 3.31. The lowest BCUT2D eigenvalue weighted by molar-refractivity contribution is -0.385. The molecule has 0 spiro atoms. The van der Waals surface area contributed by atoms with Gasteiger partial charge in [-0.3, -0.25) is 14.9 Å². The number of hydrogen-bond acceptors (Lipinski definition) is 6. The van der Waals surface area contributed by atoms with Gasteiger partial charge in [-0.2, -0.15) is 0 Å². The molecule has 2 rings (SSSR count). The predicted molar refractivity (Wildman–Crippen MR) is 98.6 cm³/mol. The number of esters is 1. The van der Waals surface area contributed by atoms with Gasteiger partial charge in [0.1, 0.15) is 5.56 Å². The lowest BCUT2D eigenvalue weighted by atomic mass is 10.2. The molecule has 7 nitrogen and oxygen atoms in total. The molecule has 0 aliphatic carbocycles. The quantitative estimate of drug-likeness (QED) is 0.242. The van der Waals surface area contributed by atoms with E-state index in [0.717, 1.165) is 4.90 Å². The maximum atomic E-state index is 11.9. The van der Waals surface area contributed by atoms with Gasteiger partial charge in [0.2, 0.25) is 0 Å². The Bertz CT molecular complexity index is 798. The fraction of sp³-hybridized carbons (Fsp3) is 0.176. The number of amides is 1. The van der Waals surface area contributed by atoms with Crippen molar-refractivity contribution in [1.29, 1.82) is 0 Å². The smallest absolute Gasteiger partial charge is 0.345 e. The Morgan fingerprint density at radius 1 is 1.15 bits per heavy atom. The van der Waals surface area contributed by atoms with E-state index in [4.69, 9.17) is 16.3 Å². The highest BCUT2D eigenvalue weighted by molar-refractivity contribution is 7.99. The van der Waals surface area contributed by atoms with Crippen LogP contribution in [0.3, 0.4) is 0 Å². The maximum absolute atomic E-state index is 11.9. The van der Waals surface area contributed by atoms with Crippen molar-refractivity contribution in [1.82, 2.24) is 5.32 Å². The van der Waals surface area contributed by atoms with Crippen LogP contribution < -0.4 is 5.32 Å². The summed E-state index contributed by atoms with van der Waals surface area (Å²) < 4.78 is 4.83. The summed E-state index contributed by atoms with van der Waals surface area (Å²) in [6, 6.07) is 12.7. The van der Waals surface area contributed by atoms with E-state index >= 15 is 0 Å². The number of nitrogens with one attached hydrogen (secondary N) is 1. The molecule has 2 aromatic rings. The average Bonchev–Trinajstić information content (AvgIpc) is 2.64. The van der Waals surface area contributed by atoms with Gasteiger partial charge in [-0.05, 0) is 30.3 Å². The molecule has 0 saturated carbocycles. The first-order chi connectivity index (χ1) is 12.5. The van der Waals surface area contributed by atoms with Crippen LogP contribution in [0.1, 0.15) is 10.4 Å². The molecule has 0 radical (unpaired) electrons. The van der Waals surface area contributed by atoms with Crippen LogP contribution in [0.4, 0.5) is 5.69 Å². The summed E-state index contributed by atoms with van der Waals surface area (Å²) in [4.78, 5) is 34.8. The molecule has 0 heterocycles. The summed E-state index contributed by atoms with van der Waals surface area (Å²) in [6.45, 7) is -0.119. The van der Waals surface area contributed by atoms with E-state index < -0.39 is 23.4 Å². The third kappa shape index (κ3) is 6.05. The summed E-state index contributed by atoms with van der Waals surface area (Å²) >= 11 is 7.34. The van der Waals surface area contributed by atoms with Crippen molar-refractivity contribution in [2.24, 2.45) is 0 Å². The molecule has 26 heavy (non-hydrogen) atoms. The van der Waals surface area contributed by atoms with Crippen molar-refractivity contribution in [2.75, 3.05) is 18.9 Å². The van der Waals surface area contributed by atoms with Gasteiger partial charge in [-0.15, -0.1) is 11.8 Å². The van der Waals surface area contributed by atoms with E-state index in [2.05, 4.69) is 5.32 Å². The summed E-state index contributed by atoms with van der Waals surface area (Å²) in [5.74, 6) is -0.762. The van der Waals surface area contributed by atoms with Crippen LogP contribution >= 0.6 is 23.4 Å². The number of halogens is 1. The zero-order valence-corrected chi connectivity index (χ0v) is 15.1. The Morgan fingerprint density at radius 3 is 2.54 bits per heavy atom. The highest BCUT2D eigenvalue weighted by Gasteiger charge is 2.21. The molecular formula is C17H15ClN2O5S. The first kappa shape index (κ1) is 19.7. The van der Waals surface area contributed by atoms with Crippen molar-refractivity contribution in [3.8, 4) is 0 Å².